The third-order valence-corrected chi connectivity index (χ3v) is 12.2. The van der Waals surface area contributed by atoms with Gasteiger partial charge in [-0.2, -0.15) is 11.1 Å². The van der Waals surface area contributed by atoms with Gasteiger partial charge in [-0.15, -0.1) is 0 Å². The van der Waals surface area contributed by atoms with E-state index in [1.165, 1.54) is 43.7 Å². The van der Waals surface area contributed by atoms with E-state index in [9.17, 15) is 0 Å². The highest BCUT2D eigenvalue weighted by Gasteiger charge is 2.51. The second-order valence-electron chi connectivity index (χ2n) is 5.75. The van der Waals surface area contributed by atoms with Gasteiger partial charge in [-0.05, 0) is 28.4 Å². The predicted octanol–water partition coefficient (Wildman–Crippen LogP) is 4.19. The summed E-state index contributed by atoms with van der Waals surface area (Å²) in [6.45, 7) is 0. The summed E-state index contributed by atoms with van der Waals surface area (Å²) in [5.41, 5.74) is 1.63. The molecule has 18 heavy (non-hydrogen) atoms. The van der Waals surface area contributed by atoms with Crippen molar-refractivity contribution in [3.63, 3.8) is 0 Å². The van der Waals surface area contributed by atoms with E-state index in [2.05, 4.69) is 24.3 Å². The van der Waals surface area contributed by atoms with Crippen molar-refractivity contribution in [2.75, 3.05) is 7.11 Å². The summed E-state index contributed by atoms with van der Waals surface area (Å²) in [7, 11) is -0.0572. The molecule has 0 saturated heterocycles. The largest absolute Gasteiger partial charge is 0.497 e. The fraction of sp³-hybridized carbons (Fsp3) is 0.600. The molecule has 3 rings (SSSR count). The highest BCUT2D eigenvalue weighted by molar-refractivity contribution is 7.29. The Morgan fingerprint density at radius 3 is 1.83 bits per heavy atom. The van der Waals surface area contributed by atoms with Crippen LogP contribution in [0.3, 0.4) is 0 Å². The Morgan fingerprint density at radius 2 is 1.50 bits per heavy atom. The Labute approximate surface area is 115 Å². The summed E-state index contributed by atoms with van der Waals surface area (Å²) in [4.78, 5) is 0. The molecule has 0 aromatic heterocycles. The first-order chi connectivity index (χ1) is 8.75. The molecule has 0 amide bonds. The standard InChI is InChI=1S/C15H21ClOSi/c1-17-12-8-10-15(11-9-12)18(16,13-4-2-5-13)14-6-3-7-14/h8-11,13-14H,2-7H2,1H3. The molecule has 0 heterocycles. The molecule has 3 heteroatoms. The number of hydrogen-bond acceptors (Lipinski definition) is 1. The van der Waals surface area contributed by atoms with Crippen molar-refractivity contribution in [1.82, 2.24) is 0 Å². The zero-order valence-electron chi connectivity index (χ0n) is 11.0. The van der Waals surface area contributed by atoms with Crippen LogP contribution in [0.4, 0.5) is 0 Å². The van der Waals surface area contributed by atoms with E-state index in [0.717, 1.165) is 16.8 Å². The van der Waals surface area contributed by atoms with Gasteiger partial charge in [0.25, 0.3) is 0 Å². The van der Waals surface area contributed by atoms with Crippen molar-refractivity contribution in [3.8, 4) is 5.75 Å². The van der Waals surface area contributed by atoms with E-state index in [4.69, 9.17) is 15.8 Å². The average Bonchev–Trinajstić information content (AvgIpc) is 2.24. The van der Waals surface area contributed by atoms with Crippen LogP contribution in [0.5, 0.6) is 5.75 Å². The van der Waals surface area contributed by atoms with Crippen LogP contribution in [0.25, 0.3) is 0 Å². The van der Waals surface area contributed by atoms with Crippen LogP contribution in [0.1, 0.15) is 38.5 Å². The molecule has 0 aliphatic heterocycles. The van der Waals surface area contributed by atoms with Crippen molar-refractivity contribution in [2.24, 2.45) is 0 Å². The molecule has 0 N–H and O–H groups in total. The predicted molar refractivity (Wildman–Crippen MR) is 79.4 cm³/mol. The van der Waals surface area contributed by atoms with Crippen molar-refractivity contribution >= 4 is 23.6 Å². The zero-order chi connectivity index (χ0) is 12.6. The van der Waals surface area contributed by atoms with Crippen LogP contribution >= 0.6 is 11.1 Å². The molecule has 0 unspecified atom stereocenters. The topological polar surface area (TPSA) is 9.23 Å². The average molecular weight is 281 g/mol. The van der Waals surface area contributed by atoms with Gasteiger partial charge in [0.05, 0.1) is 7.11 Å². The lowest BCUT2D eigenvalue weighted by molar-refractivity contribution is 0.415. The fourth-order valence-corrected chi connectivity index (χ4v) is 9.78. The minimum Gasteiger partial charge on any atom is -0.497 e. The summed E-state index contributed by atoms with van der Waals surface area (Å²) >= 11 is 7.26. The highest BCUT2D eigenvalue weighted by Crippen LogP contribution is 2.54. The number of halogens is 1. The molecule has 1 aromatic carbocycles. The smallest absolute Gasteiger partial charge is 0.192 e. The van der Waals surface area contributed by atoms with Crippen molar-refractivity contribution in [1.29, 1.82) is 0 Å². The molecule has 2 aliphatic carbocycles. The SMILES string of the molecule is COc1ccc([Si](Cl)(C2CCC2)C2CCC2)cc1. The molecule has 2 saturated carbocycles. The van der Waals surface area contributed by atoms with Gasteiger partial charge in [-0.3, -0.25) is 0 Å². The highest BCUT2D eigenvalue weighted by atomic mass is 35.6. The van der Waals surface area contributed by atoms with Crippen LogP contribution < -0.4 is 9.92 Å². The molecule has 0 radical (unpaired) electrons. The van der Waals surface area contributed by atoms with Gasteiger partial charge in [-0.1, -0.05) is 50.7 Å². The number of methoxy groups -OCH3 is 1. The van der Waals surface area contributed by atoms with Crippen molar-refractivity contribution in [3.05, 3.63) is 24.3 Å². The molecule has 0 bridgehead atoms. The second kappa shape index (κ2) is 4.90. The van der Waals surface area contributed by atoms with E-state index in [0.29, 0.717) is 0 Å². The number of benzene rings is 1. The first-order valence-corrected chi connectivity index (χ1v) is 10.2. The summed E-state index contributed by atoms with van der Waals surface area (Å²) in [5, 5.41) is 1.44. The van der Waals surface area contributed by atoms with Gasteiger partial charge >= 0.3 is 0 Å². The molecule has 2 fully saturated rings. The van der Waals surface area contributed by atoms with Crippen LogP contribution in [-0.4, -0.2) is 14.5 Å². The molecular weight excluding hydrogens is 260 g/mol. The van der Waals surface area contributed by atoms with Gasteiger partial charge in [0.2, 0.25) is 0 Å². The van der Waals surface area contributed by atoms with Gasteiger partial charge in [0.15, 0.2) is 7.38 Å². The number of hydrogen-bond donors (Lipinski definition) is 0. The summed E-state index contributed by atoms with van der Waals surface area (Å²) < 4.78 is 5.26. The lowest BCUT2D eigenvalue weighted by Gasteiger charge is -2.47. The minimum atomic E-state index is -1.78. The van der Waals surface area contributed by atoms with Gasteiger partial charge in [0, 0.05) is 0 Å². The minimum absolute atomic E-state index is 0.817. The maximum atomic E-state index is 7.26. The summed E-state index contributed by atoms with van der Waals surface area (Å²) in [6.07, 6.45) is 8.21. The Morgan fingerprint density at radius 1 is 1.00 bits per heavy atom. The molecule has 2 aliphatic rings. The number of rotatable bonds is 4. The first kappa shape index (κ1) is 12.6. The third kappa shape index (κ3) is 1.90. The Kier molecular flexibility index (Phi) is 3.42. The molecule has 0 spiro atoms. The lowest BCUT2D eigenvalue weighted by Crippen LogP contribution is -2.54. The Hall–Kier alpha value is -0.473. The molecule has 98 valence electrons. The lowest BCUT2D eigenvalue weighted by atomic mass is 9.98. The van der Waals surface area contributed by atoms with Crippen LogP contribution in [0.15, 0.2) is 24.3 Å². The normalized spacial score (nSPS) is 21.2. The maximum Gasteiger partial charge on any atom is 0.192 e. The van der Waals surface area contributed by atoms with Gasteiger partial charge in [0.1, 0.15) is 5.75 Å². The van der Waals surface area contributed by atoms with Gasteiger partial charge < -0.3 is 4.74 Å². The number of ether oxygens (including phenoxy) is 1. The van der Waals surface area contributed by atoms with E-state index in [-0.39, 0.29) is 0 Å². The van der Waals surface area contributed by atoms with Gasteiger partial charge in [-0.25, -0.2) is 0 Å². The Balaban J connectivity index is 1.91. The van der Waals surface area contributed by atoms with Crippen LogP contribution in [-0.2, 0) is 0 Å². The monoisotopic (exact) mass is 280 g/mol. The molecule has 1 nitrogen and oxygen atoms in total. The molecular formula is C15H21ClOSi. The summed E-state index contributed by atoms with van der Waals surface area (Å²) in [5.74, 6) is 0.939. The Bertz CT molecular complexity index is 395. The maximum absolute atomic E-state index is 7.26. The van der Waals surface area contributed by atoms with E-state index >= 15 is 0 Å². The quantitative estimate of drug-likeness (QED) is 0.593. The molecule has 1 aromatic rings. The van der Waals surface area contributed by atoms with Crippen molar-refractivity contribution in [2.45, 2.75) is 49.6 Å². The summed E-state index contributed by atoms with van der Waals surface area (Å²) in [6, 6.07) is 8.62. The third-order valence-electron chi connectivity index (χ3n) is 4.93. The van der Waals surface area contributed by atoms with E-state index < -0.39 is 7.38 Å². The fourth-order valence-electron chi connectivity index (χ4n) is 3.31. The van der Waals surface area contributed by atoms with E-state index in [1.54, 1.807) is 7.11 Å². The van der Waals surface area contributed by atoms with Crippen LogP contribution in [0, 0.1) is 0 Å². The van der Waals surface area contributed by atoms with Crippen LogP contribution in [0.2, 0.25) is 11.1 Å². The first-order valence-electron chi connectivity index (χ1n) is 7.08. The zero-order valence-corrected chi connectivity index (χ0v) is 12.7. The molecule has 0 atom stereocenters. The van der Waals surface area contributed by atoms with Crippen molar-refractivity contribution < 1.29 is 4.74 Å². The second-order valence-corrected chi connectivity index (χ2v) is 11.4. The van der Waals surface area contributed by atoms with E-state index in [1.807, 2.05) is 0 Å².